The number of halogens is 1. The van der Waals surface area contributed by atoms with Crippen LogP contribution in [-0.2, 0) is 6.54 Å². The molecule has 1 aliphatic heterocycles. The Labute approximate surface area is 209 Å². The SMILES string of the molecule is CCN(CCCCCN1C(=O)c2ccc([N+](=O)[O-])cc2C1=O)Cc1cccc(OC(=O)NC)c1.Cl. The van der Waals surface area contributed by atoms with E-state index in [1.54, 1.807) is 6.07 Å². The number of nitrogens with one attached hydrogen (secondary N) is 1. The molecule has 0 atom stereocenters. The number of fused-ring (bicyclic) bond motifs is 1. The fraction of sp³-hybridized carbons (Fsp3) is 0.375. The monoisotopic (exact) mass is 504 g/mol. The summed E-state index contributed by atoms with van der Waals surface area (Å²) in [4.78, 5) is 50.3. The van der Waals surface area contributed by atoms with Crippen LogP contribution in [0.2, 0.25) is 0 Å². The average Bonchev–Trinajstić information content (AvgIpc) is 3.07. The smallest absolute Gasteiger partial charge is 0.410 e. The van der Waals surface area contributed by atoms with Crippen molar-refractivity contribution in [3.63, 3.8) is 0 Å². The normalized spacial score (nSPS) is 12.4. The highest BCUT2D eigenvalue weighted by molar-refractivity contribution is 6.21. The minimum atomic E-state index is -0.578. The Morgan fingerprint density at radius 2 is 1.83 bits per heavy atom. The molecule has 188 valence electrons. The van der Waals surface area contributed by atoms with E-state index in [0.29, 0.717) is 18.7 Å². The highest BCUT2D eigenvalue weighted by atomic mass is 35.5. The lowest BCUT2D eigenvalue weighted by molar-refractivity contribution is -0.384. The summed E-state index contributed by atoms with van der Waals surface area (Å²) in [6.45, 7) is 4.75. The molecule has 0 spiro atoms. The number of hydrogen-bond donors (Lipinski definition) is 1. The Morgan fingerprint density at radius 1 is 1.09 bits per heavy atom. The number of nitro groups is 1. The maximum Gasteiger partial charge on any atom is 0.412 e. The van der Waals surface area contributed by atoms with Gasteiger partial charge < -0.3 is 10.1 Å². The van der Waals surface area contributed by atoms with Crippen molar-refractivity contribution in [3.8, 4) is 5.75 Å². The third-order valence-corrected chi connectivity index (χ3v) is 5.69. The zero-order chi connectivity index (χ0) is 24.7. The van der Waals surface area contributed by atoms with Gasteiger partial charge in [0.25, 0.3) is 17.5 Å². The molecule has 3 rings (SSSR count). The number of nitrogens with zero attached hydrogens (tertiary/aromatic N) is 3. The summed E-state index contributed by atoms with van der Waals surface area (Å²) in [5.41, 5.74) is 1.14. The standard InChI is InChI=1S/C24H28N4O6.ClH/c1-3-26(16-17-8-7-9-19(14-17)34-24(31)25-2)12-5-4-6-13-27-22(29)20-11-10-18(28(32)33)15-21(20)23(27)30;/h7-11,14-15H,3-6,12-13,16H2,1-2H3,(H,25,31);1H. The fourth-order valence-corrected chi connectivity index (χ4v) is 3.85. The number of carbonyl (C=O) groups excluding carboxylic acids is 3. The number of ether oxygens (including phenoxy) is 1. The predicted molar refractivity (Wildman–Crippen MR) is 132 cm³/mol. The topological polar surface area (TPSA) is 122 Å². The lowest BCUT2D eigenvalue weighted by atomic mass is 10.1. The van der Waals surface area contributed by atoms with Crippen LogP contribution in [0.3, 0.4) is 0 Å². The zero-order valence-corrected chi connectivity index (χ0v) is 20.5. The molecule has 1 aliphatic rings. The molecule has 0 fully saturated rings. The highest BCUT2D eigenvalue weighted by Crippen LogP contribution is 2.27. The van der Waals surface area contributed by atoms with Crippen molar-refractivity contribution in [3.05, 3.63) is 69.3 Å². The molecule has 2 aromatic carbocycles. The molecule has 2 aromatic rings. The maximum atomic E-state index is 12.6. The molecule has 11 heteroatoms. The molecular weight excluding hydrogens is 476 g/mol. The van der Waals surface area contributed by atoms with Gasteiger partial charge in [-0.15, -0.1) is 12.4 Å². The highest BCUT2D eigenvalue weighted by Gasteiger charge is 2.36. The third kappa shape index (κ3) is 7.00. The average molecular weight is 505 g/mol. The number of carbonyl (C=O) groups is 3. The van der Waals surface area contributed by atoms with Gasteiger partial charge in [-0.2, -0.15) is 0 Å². The van der Waals surface area contributed by atoms with Crippen LogP contribution in [-0.4, -0.2) is 59.3 Å². The molecule has 0 bridgehead atoms. The van der Waals surface area contributed by atoms with Crippen LogP contribution in [0.1, 0.15) is 52.5 Å². The zero-order valence-electron chi connectivity index (χ0n) is 19.7. The summed E-state index contributed by atoms with van der Waals surface area (Å²) in [7, 11) is 1.51. The van der Waals surface area contributed by atoms with E-state index >= 15 is 0 Å². The minimum Gasteiger partial charge on any atom is -0.410 e. The minimum absolute atomic E-state index is 0. The number of rotatable bonds is 11. The summed E-state index contributed by atoms with van der Waals surface area (Å²) in [6.07, 6.45) is 1.85. The van der Waals surface area contributed by atoms with Crippen molar-refractivity contribution in [2.24, 2.45) is 0 Å². The van der Waals surface area contributed by atoms with Gasteiger partial charge in [-0.1, -0.05) is 25.5 Å². The second-order valence-electron chi connectivity index (χ2n) is 7.97. The van der Waals surface area contributed by atoms with Crippen LogP contribution < -0.4 is 10.1 Å². The number of amides is 3. The van der Waals surface area contributed by atoms with Crippen LogP contribution >= 0.6 is 12.4 Å². The number of non-ortho nitro benzene ring substituents is 1. The van der Waals surface area contributed by atoms with Gasteiger partial charge in [-0.05, 0) is 49.7 Å². The van der Waals surface area contributed by atoms with Gasteiger partial charge in [0.15, 0.2) is 0 Å². The van der Waals surface area contributed by atoms with E-state index in [1.165, 1.54) is 30.1 Å². The molecule has 35 heavy (non-hydrogen) atoms. The van der Waals surface area contributed by atoms with Gasteiger partial charge in [-0.25, -0.2) is 4.79 Å². The van der Waals surface area contributed by atoms with Crippen molar-refractivity contribution in [1.29, 1.82) is 0 Å². The predicted octanol–water partition coefficient (Wildman–Crippen LogP) is 4.02. The maximum absolute atomic E-state index is 12.6. The first-order chi connectivity index (χ1) is 16.3. The molecule has 0 aliphatic carbocycles. The van der Waals surface area contributed by atoms with E-state index in [4.69, 9.17) is 4.74 Å². The summed E-state index contributed by atoms with van der Waals surface area (Å²) >= 11 is 0. The summed E-state index contributed by atoms with van der Waals surface area (Å²) in [5, 5.41) is 13.4. The molecule has 0 aromatic heterocycles. The second-order valence-corrected chi connectivity index (χ2v) is 7.97. The van der Waals surface area contributed by atoms with Gasteiger partial charge in [-0.3, -0.25) is 29.5 Å². The molecule has 3 amide bonds. The molecule has 1 N–H and O–H groups in total. The summed E-state index contributed by atoms with van der Waals surface area (Å²) in [5.74, 6) is -0.388. The van der Waals surface area contributed by atoms with Crippen LogP contribution in [0, 0.1) is 10.1 Å². The van der Waals surface area contributed by atoms with E-state index in [1.807, 2.05) is 18.2 Å². The lowest BCUT2D eigenvalue weighted by Crippen LogP contribution is -2.31. The quantitative estimate of drug-likeness (QED) is 0.212. The summed E-state index contributed by atoms with van der Waals surface area (Å²) in [6, 6.07) is 11.2. The number of benzene rings is 2. The first-order valence-electron chi connectivity index (χ1n) is 11.2. The lowest BCUT2D eigenvalue weighted by Gasteiger charge is -2.21. The molecular formula is C24H29ClN4O6. The Morgan fingerprint density at radius 3 is 2.51 bits per heavy atom. The van der Waals surface area contributed by atoms with E-state index < -0.39 is 22.8 Å². The molecule has 0 radical (unpaired) electrons. The fourth-order valence-electron chi connectivity index (χ4n) is 3.85. The van der Waals surface area contributed by atoms with Crippen LogP contribution in [0.25, 0.3) is 0 Å². The molecule has 0 saturated carbocycles. The van der Waals surface area contributed by atoms with Crippen molar-refractivity contribution in [1.82, 2.24) is 15.1 Å². The number of imide groups is 1. The van der Waals surface area contributed by atoms with Crippen molar-refractivity contribution < 1.29 is 24.0 Å². The Balaban J connectivity index is 0.00000432. The second kappa shape index (κ2) is 12.8. The third-order valence-electron chi connectivity index (χ3n) is 5.69. The van der Waals surface area contributed by atoms with Gasteiger partial charge in [0.1, 0.15) is 5.75 Å². The van der Waals surface area contributed by atoms with Gasteiger partial charge in [0.2, 0.25) is 0 Å². The van der Waals surface area contributed by atoms with Gasteiger partial charge >= 0.3 is 6.09 Å². The number of hydrogen-bond acceptors (Lipinski definition) is 7. The van der Waals surface area contributed by atoms with E-state index in [0.717, 1.165) is 31.5 Å². The summed E-state index contributed by atoms with van der Waals surface area (Å²) < 4.78 is 5.18. The van der Waals surface area contributed by atoms with E-state index in [2.05, 4.69) is 17.1 Å². The Bertz CT molecular complexity index is 1090. The first kappa shape index (κ1) is 27.7. The molecule has 0 unspecified atom stereocenters. The Kier molecular flexibility index (Phi) is 10.2. The first-order valence-corrected chi connectivity index (χ1v) is 11.2. The molecule has 10 nitrogen and oxygen atoms in total. The van der Waals surface area contributed by atoms with Gasteiger partial charge in [0.05, 0.1) is 16.1 Å². The van der Waals surface area contributed by atoms with Crippen molar-refractivity contribution in [2.45, 2.75) is 32.7 Å². The van der Waals surface area contributed by atoms with Crippen molar-refractivity contribution in [2.75, 3.05) is 26.7 Å². The van der Waals surface area contributed by atoms with Crippen LogP contribution in [0.4, 0.5) is 10.5 Å². The molecule has 0 saturated heterocycles. The van der Waals surface area contributed by atoms with Crippen LogP contribution in [0.5, 0.6) is 5.75 Å². The number of unbranched alkanes of at least 4 members (excludes halogenated alkanes) is 2. The molecule has 1 heterocycles. The van der Waals surface area contributed by atoms with Crippen molar-refractivity contribution >= 4 is 36.0 Å². The Hall–Kier alpha value is -3.50. The van der Waals surface area contributed by atoms with E-state index in [-0.39, 0.29) is 35.8 Å². The van der Waals surface area contributed by atoms with Crippen LogP contribution in [0.15, 0.2) is 42.5 Å². The van der Waals surface area contributed by atoms with E-state index in [9.17, 15) is 24.5 Å². The van der Waals surface area contributed by atoms with Gasteiger partial charge in [0, 0.05) is 32.3 Å². The number of nitro benzene ring substituents is 1. The largest absolute Gasteiger partial charge is 0.412 e.